The Morgan fingerprint density at radius 3 is 2.32 bits per heavy atom. The molecule has 2 aromatic rings. The lowest BCUT2D eigenvalue weighted by Gasteiger charge is -2.10. The van der Waals surface area contributed by atoms with Crippen LogP contribution in [0.15, 0.2) is 53.4 Å². The summed E-state index contributed by atoms with van der Waals surface area (Å²) in [7, 11) is -3.54. The molecule has 0 aliphatic carbocycles. The SMILES string of the molecule is [CH2]CNS(=O)(=O)c1ccccc1-c1ccc(Cl)cc1. The van der Waals surface area contributed by atoms with Gasteiger partial charge < -0.3 is 0 Å². The highest BCUT2D eigenvalue weighted by Gasteiger charge is 2.17. The average molecular weight is 295 g/mol. The molecule has 1 radical (unpaired) electrons. The molecule has 0 fully saturated rings. The fraction of sp³-hybridized carbons (Fsp3) is 0.0714. The fourth-order valence-corrected chi connectivity index (χ4v) is 3.06. The molecule has 99 valence electrons. The summed E-state index contributed by atoms with van der Waals surface area (Å²) < 4.78 is 26.6. The van der Waals surface area contributed by atoms with Crippen molar-refractivity contribution in [1.29, 1.82) is 0 Å². The monoisotopic (exact) mass is 294 g/mol. The Morgan fingerprint density at radius 1 is 1.05 bits per heavy atom. The number of hydrogen-bond donors (Lipinski definition) is 1. The van der Waals surface area contributed by atoms with E-state index in [-0.39, 0.29) is 11.4 Å². The number of sulfonamides is 1. The van der Waals surface area contributed by atoms with Crippen molar-refractivity contribution in [1.82, 2.24) is 4.72 Å². The molecule has 0 aliphatic heterocycles. The molecule has 2 rings (SSSR count). The second kappa shape index (κ2) is 5.74. The highest BCUT2D eigenvalue weighted by Crippen LogP contribution is 2.28. The minimum Gasteiger partial charge on any atom is -0.211 e. The molecular formula is C14H13ClNO2S. The smallest absolute Gasteiger partial charge is 0.211 e. The van der Waals surface area contributed by atoms with E-state index in [0.29, 0.717) is 10.6 Å². The molecule has 0 amide bonds. The van der Waals surface area contributed by atoms with Gasteiger partial charge in [-0.15, -0.1) is 0 Å². The van der Waals surface area contributed by atoms with Crippen LogP contribution in [0, 0.1) is 6.92 Å². The summed E-state index contributed by atoms with van der Waals surface area (Å²) in [6.45, 7) is 3.61. The van der Waals surface area contributed by atoms with Gasteiger partial charge in [0, 0.05) is 17.1 Å². The Hall–Kier alpha value is -1.36. The summed E-state index contributed by atoms with van der Waals surface area (Å²) in [5.74, 6) is 0. The van der Waals surface area contributed by atoms with Crippen molar-refractivity contribution in [2.75, 3.05) is 6.54 Å². The Labute approximate surface area is 118 Å². The standard InChI is InChI=1S/C14H13ClNO2S/c1-2-16-19(17,18)14-6-4-3-5-13(14)11-7-9-12(15)10-8-11/h3-10,16H,1-2H2. The van der Waals surface area contributed by atoms with Gasteiger partial charge in [0.1, 0.15) is 0 Å². The number of hydrogen-bond acceptors (Lipinski definition) is 2. The minimum atomic E-state index is -3.54. The van der Waals surface area contributed by atoms with Gasteiger partial charge in [-0.1, -0.05) is 41.9 Å². The van der Waals surface area contributed by atoms with Crippen LogP contribution < -0.4 is 4.72 Å². The lowest BCUT2D eigenvalue weighted by atomic mass is 10.1. The third kappa shape index (κ3) is 3.15. The largest absolute Gasteiger partial charge is 0.241 e. The second-order valence-corrected chi connectivity index (χ2v) is 6.07. The molecule has 0 saturated heterocycles. The van der Waals surface area contributed by atoms with E-state index < -0.39 is 10.0 Å². The van der Waals surface area contributed by atoms with Gasteiger partial charge >= 0.3 is 0 Å². The van der Waals surface area contributed by atoms with Crippen molar-refractivity contribution in [2.24, 2.45) is 0 Å². The summed E-state index contributed by atoms with van der Waals surface area (Å²) in [4.78, 5) is 0.237. The van der Waals surface area contributed by atoms with Crippen LogP contribution in [0.3, 0.4) is 0 Å². The summed E-state index contributed by atoms with van der Waals surface area (Å²) in [6, 6.07) is 13.9. The highest BCUT2D eigenvalue weighted by molar-refractivity contribution is 7.89. The van der Waals surface area contributed by atoms with Gasteiger partial charge in [0.2, 0.25) is 10.0 Å². The molecule has 0 aliphatic rings. The van der Waals surface area contributed by atoms with Crippen LogP contribution in [0.4, 0.5) is 0 Å². The first-order valence-electron chi connectivity index (χ1n) is 5.68. The third-order valence-electron chi connectivity index (χ3n) is 2.62. The van der Waals surface area contributed by atoms with Gasteiger partial charge in [-0.25, -0.2) is 13.1 Å². The van der Waals surface area contributed by atoms with Gasteiger partial charge in [0.15, 0.2) is 0 Å². The van der Waals surface area contributed by atoms with E-state index in [1.807, 2.05) is 0 Å². The predicted molar refractivity (Wildman–Crippen MR) is 77.4 cm³/mol. The maximum absolute atomic E-state index is 12.1. The molecule has 0 atom stereocenters. The average Bonchev–Trinajstić information content (AvgIpc) is 2.39. The molecule has 0 spiro atoms. The first kappa shape index (κ1) is 14.1. The predicted octanol–water partition coefficient (Wildman–Crippen LogP) is 3.12. The molecule has 0 aromatic heterocycles. The molecule has 0 unspecified atom stereocenters. The molecule has 19 heavy (non-hydrogen) atoms. The Bertz CT molecular complexity index is 666. The molecule has 3 nitrogen and oxygen atoms in total. The zero-order valence-corrected chi connectivity index (χ0v) is 11.7. The summed E-state index contributed by atoms with van der Waals surface area (Å²) >= 11 is 5.84. The lowest BCUT2D eigenvalue weighted by molar-refractivity contribution is 0.586. The molecule has 5 heteroatoms. The minimum absolute atomic E-state index is 0.108. The van der Waals surface area contributed by atoms with E-state index in [0.717, 1.165) is 5.56 Å². The molecule has 2 aromatic carbocycles. The number of nitrogens with one attached hydrogen (secondary N) is 1. The van der Waals surface area contributed by atoms with Gasteiger partial charge in [-0.3, -0.25) is 0 Å². The van der Waals surface area contributed by atoms with E-state index in [4.69, 9.17) is 11.6 Å². The van der Waals surface area contributed by atoms with E-state index >= 15 is 0 Å². The van der Waals surface area contributed by atoms with Crippen LogP contribution in [-0.2, 0) is 10.0 Å². The summed E-state index contributed by atoms with van der Waals surface area (Å²) in [5, 5.41) is 0.611. The van der Waals surface area contributed by atoms with Crippen LogP contribution in [-0.4, -0.2) is 15.0 Å². The van der Waals surface area contributed by atoms with Gasteiger partial charge in [-0.2, -0.15) is 0 Å². The molecule has 0 heterocycles. The van der Waals surface area contributed by atoms with Gasteiger partial charge in [0.05, 0.1) is 4.90 Å². The lowest BCUT2D eigenvalue weighted by Crippen LogP contribution is -2.23. The van der Waals surface area contributed by atoms with Crippen molar-refractivity contribution in [2.45, 2.75) is 4.90 Å². The van der Waals surface area contributed by atoms with Crippen LogP contribution in [0.2, 0.25) is 5.02 Å². The zero-order chi connectivity index (χ0) is 13.9. The van der Waals surface area contributed by atoms with E-state index in [2.05, 4.69) is 11.6 Å². The zero-order valence-electron chi connectivity index (χ0n) is 10.1. The quantitative estimate of drug-likeness (QED) is 0.942. The molecular weight excluding hydrogens is 282 g/mol. The van der Waals surface area contributed by atoms with E-state index in [9.17, 15) is 8.42 Å². The van der Waals surface area contributed by atoms with Crippen molar-refractivity contribution < 1.29 is 8.42 Å². The van der Waals surface area contributed by atoms with Crippen molar-refractivity contribution in [3.8, 4) is 11.1 Å². The molecule has 1 N–H and O–H groups in total. The fourth-order valence-electron chi connectivity index (χ4n) is 1.78. The first-order chi connectivity index (χ1) is 9.04. The molecule has 0 bridgehead atoms. The highest BCUT2D eigenvalue weighted by atomic mass is 35.5. The normalized spacial score (nSPS) is 11.5. The number of rotatable bonds is 4. The van der Waals surface area contributed by atoms with E-state index in [1.54, 1.807) is 48.5 Å². The Kier molecular flexibility index (Phi) is 4.24. The molecule has 0 saturated carbocycles. The maximum Gasteiger partial charge on any atom is 0.241 e. The summed E-state index contributed by atoms with van der Waals surface area (Å²) in [5.41, 5.74) is 1.44. The first-order valence-corrected chi connectivity index (χ1v) is 7.54. The van der Waals surface area contributed by atoms with Crippen LogP contribution in [0.1, 0.15) is 0 Å². The van der Waals surface area contributed by atoms with Crippen LogP contribution in [0.25, 0.3) is 11.1 Å². The van der Waals surface area contributed by atoms with Gasteiger partial charge in [-0.05, 0) is 30.7 Å². The summed E-state index contributed by atoms with van der Waals surface area (Å²) in [6.07, 6.45) is 0. The Morgan fingerprint density at radius 2 is 1.68 bits per heavy atom. The van der Waals surface area contributed by atoms with Crippen LogP contribution >= 0.6 is 11.6 Å². The van der Waals surface area contributed by atoms with E-state index in [1.165, 1.54) is 0 Å². The maximum atomic E-state index is 12.1. The number of halogens is 1. The number of benzene rings is 2. The van der Waals surface area contributed by atoms with Crippen molar-refractivity contribution in [3.63, 3.8) is 0 Å². The topological polar surface area (TPSA) is 46.2 Å². The van der Waals surface area contributed by atoms with Crippen LogP contribution in [0.5, 0.6) is 0 Å². The Balaban J connectivity index is 2.56. The second-order valence-electron chi connectivity index (χ2n) is 3.90. The van der Waals surface area contributed by atoms with Crippen molar-refractivity contribution in [3.05, 3.63) is 60.5 Å². The van der Waals surface area contributed by atoms with Crippen molar-refractivity contribution >= 4 is 21.6 Å². The third-order valence-corrected chi connectivity index (χ3v) is 4.40. The van der Waals surface area contributed by atoms with Gasteiger partial charge in [0.25, 0.3) is 0 Å².